The Labute approximate surface area is 137 Å². The van der Waals surface area contributed by atoms with Gasteiger partial charge in [-0.2, -0.15) is 0 Å². The zero-order valence-electron chi connectivity index (χ0n) is 11.9. The van der Waals surface area contributed by atoms with Crippen molar-refractivity contribution in [3.63, 3.8) is 0 Å². The number of nitrogens with zero attached hydrogens (tertiary/aromatic N) is 2. The average Bonchev–Trinajstić information content (AvgIpc) is 2.93. The van der Waals surface area contributed by atoms with Gasteiger partial charge < -0.3 is 0 Å². The second-order valence-electron chi connectivity index (χ2n) is 4.36. The van der Waals surface area contributed by atoms with E-state index in [0.717, 1.165) is 15.7 Å². The molecule has 0 radical (unpaired) electrons. The molecule has 0 fully saturated rings. The molecule has 1 N–H and O–H groups in total. The van der Waals surface area contributed by atoms with Crippen LogP contribution in [-0.2, 0) is 4.79 Å². The molecule has 0 aliphatic rings. The Balaban J connectivity index is 1.80. The summed E-state index contributed by atoms with van der Waals surface area (Å²) in [6.07, 6.45) is 1.08. The lowest BCUT2D eigenvalue weighted by atomic mass is 10.4. The van der Waals surface area contributed by atoms with Gasteiger partial charge in [-0.15, -0.1) is 22.0 Å². The number of anilines is 1. The molecule has 0 spiro atoms. The number of amides is 1. The van der Waals surface area contributed by atoms with Crippen LogP contribution in [0.3, 0.4) is 0 Å². The van der Waals surface area contributed by atoms with E-state index in [1.807, 2.05) is 30.3 Å². The van der Waals surface area contributed by atoms with Crippen LogP contribution in [0.5, 0.6) is 0 Å². The van der Waals surface area contributed by atoms with Crippen LogP contribution >= 0.6 is 34.9 Å². The molecule has 21 heavy (non-hydrogen) atoms. The number of benzene rings is 1. The highest BCUT2D eigenvalue weighted by Crippen LogP contribution is 2.30. The Morgan fingerprint density at radius 1 is 1.33 bits per heavy atom. The average molecular weight is 340 g/mol. The number of hydrogen-bond acceptors (Lipinski definition) is 6. The minimum absolute atomic E-state index is 0.0555. The van der Waals surface area contributed by atoms with Crippen molar-refractivity contribution < 1.29 is 4.79 Å². The lowest BCUT2D eigenvalue weighted by molar-refractivity contribution is -0.113. The first-order chi connectivity index (χ1) is 10.2. The molecule has 112 valence electrons. The Kier molecular flexibility index (Phi) is 6.53. The third-order valence-electron chi connectivity index (χ3n) is 2.64. The molecular formula is C14H17N3OS3. The number of thioether (sulfide) groups is 2. The summed E-state index contributed by atoms with van der Waals surface area (Å²) in [5, 5.41) is 12.0. The summed E-state index contributed by atoms with van der Waals surface area (Å²) in [4.78, 5) is 13.0. The Bertz CT molecular complexity index is 574. The van der Waals surface area contributed by atoms with E-state index in [9.17, 15) is 4.79 Å². The number of hydrogen-bond donors (Lipinski definition) is 1. The van der Waals surface area contributed by atoms with E-state index in [2.05, 4.69) is 29.4 Å². The van der Waals surface area contributed by atoms with E-state index in [-0.39, 0.29) is 5.91 Å². The summed E-state index contributed by atoms with van der Waals surface area (Å²) in [5.74, 6) is 0.317. The quantitative estimate of drug-likeness (QED) is 0.606. The zero-order chi connectivity index (χ0) is 15.1. The molecule has 0 saturated heterocycles. The Hall–Kier alpha value is -1.05. The number of carbonyl (C=O) groups excluding carboxylic acids is 1. The van der Waals surface area contributed by atoms with Gasteiger partial charge in [-0.05, 0) is 18.6 Å². The van der Waals surface area contributed by atoms with Crippen molar-refractivity contribution in [1.82, 2.24) is 10.2 Å². The number of aromatic nitrogens is 2. The molecule has 1 aromatic heterocycles. The van der Waals surface area contributed by atoms with Gasteiger partial charge in [0.1, 0.15) is 0 Å². The molecule has 1 atom stereocenters. The Morgan fingerprint density at radius 2 is 2.10 bits per heavy atom. The highest BCUT2D eigenvalue weighted by Gasteiger charge is 2.11. The lowest BCUT2D eigenvalue weighted by Gasteiger charge is -2.02. The molecule has 0 bridgehead atoms. The monoisotopic (exact) mass is 339 g/mol. The van der Waals surface area contributed by atoms with E-state index in [1.165, 1.54) is 23.1 Å². The van der Waals surface area contributed by atoms with Gasteiger partial charge in [0.25, 0.3) is 0 Å². The standard InChI is InChI=1S/C14H17N3OS3/c1-3-10(2)20-14-17-16-13(21-14)15-12(18)9-19-11-7-5-4-6-8-11/h4-8,10H,3,9H2,1-2H3,(H,15,16,18)/t10-/m1/s1. The molecule has 0 aliphatic carbocycles. The van der Waals surface area contributed by atoms with Crippen molar-refractivity contribution >= 4 is 45.9 Å². The highest BCUT2D eigenvalue weighted by atomic mass is 32.2. The normalized spacial score (nSPS) is 12.1. The van der Waals surface area contributed by atoms with Crippen LogP contribution in [0.15, 0.2) is 39.6 Å². The van der Waals surface area contributed by atoms with Crippen LogP contribution in [0.1, 0.15) is 20.3 Å². The molecule has 7 heteroatoms. The maximum Gasteiger partial charge on any atom is 0.236 e. The summed E-state index contributed by atoms with van der Waals surface area (Å²) < 4.78 is 0.898. The maximum atomic E-state index is 11.9. The van der Waals surface area contributed by atoms with E-state index in [1.54, 1.807) is 11.8 Å². The first-order valence-electron chi connectivity index (χ1n) is 6.65. The molecule has 1 amide bonds. The number of rotatable bonds is 7. The van der Waals surface area contributed by atoms with Crippen LogP contribution in [0, 0.1) is 0 Å². The van der Waals surface area contributed by atoms with Gasteiger partial charge in [0.2, 0.25) is 11.0 Å². The van der Waals surface area contributed by atoms with Gasteiger partial charge in [0, 0.05) is 10.1 Å². The molecule has 0 unspecified atom stereocenters. The number of nitrogens with one attached hydrogen (secondary N) is 1. The third kappa shape index (κ3) is 5.68. The molecule has 0 aliphatic heterocycles. The second kappa shape index (κ2) is 8.41. The fraction of sp³-hybridized carbons (Fsp3) is 0.357. The topological polar surface area (TPSA) is 54.9 Å². The largest absolute Gasteiger partial charge is 0.300 e. The van der Waals surface area contributed by atoms with Gasteiger partial charge in [0.15, 0.2) is 4.34 Å². The van der Waals surface area contributed by atoms with Gasteiger partial charge in [-0.3, -0.25) is 10.1 Å². The van der Waals surface area contributed by atoms with Crippen LogP contribution in [-0.4, -0.2) is 27.1 Å². The summed E-state index contributed by atoms with van der Waals surface area (Å²) in [6, 6.07) is 9.86. The fourth-order valence-electron chi connectivity index (χ4n) is 1.38. The van der Waals surface area contributed by atoms with E-state index < -0.39 is 0 Å². The van der Waals surface area contributed by atoms with Gasteiger partial charge in [-0.25, -0.2) is 0 Å². The molecule has 4 nitrogen and oxygen atoms in total. The first-order valence-corrected chi connectivity index (χ1v) is 9.33. The highest BCUT2D eigenvalue weighted by molar-refractivity contribution is 8.01. The molecule has 2 rings (SSSR count). The van der Waals surface area contributed by atoms with Crippen molar-refractivity contribution in [3.05, 3.63) is 30.3 Å². The lowest BCUT2D eigenvalue weighted by Crippen LogP contribution is -2.13. The predicted molar refractivity (Wildman–Crippen MR) is 91.3 cm³/mol. The Morgan fingerprint density at radius 3 is 2.81 bits per heavy atom. The molecular weight excluding hydrogens is 322 g/mol. The minimum Gasteiger partial charge on any atom is -0.300 e. The smallest absolute Gasteiger partial charge is 0.236 e. The van der Waals surface area contributed by atoms with Crippen molar-refractivity contribution in [2.45, 2.75) is 34.8 Å². The van der Waals surface area contributed by atoms with Crippen molar-refractivity contribution in [3.8, 4) is 0 Å². The summed E-state index contributed by atoms with van der Waals surface area (Å²) in [6.45, 7) is 4.29. The first kappa shape index (κ1) is 16.3. The molecule has 1 heterocycles. The van der Waals surface area contributed by atoms with Gasteiger partial charge in [0.05, 0.1) is 5.75 Å². The summed E-state index contributed by atoms with van der Waals surface area (Å²) >= 11 is 4.62. The second-order valence-corrected chi connectivity index (χ2v) is 8.07. The molecule has 2 aromatic rings. The van der Waals surface area contributed by atoms with E-state index >= 15 is 0 Å². The third-order valence-corrected chi connectivity index (χ3v) is 5.85. The van der Waals surface area contributed by atoms with Crippen LogP contribution in [0.2, 0.25) is 0 Å². The predicted octanol–water partition coefficient (Wildman–Crippen LogP) is 4.16. The van der Waals surface area contributed by atoms with E-state index in [4.69, 9.17) is 0 Å². The van der Waals surface area contributed by atoms with E-state index in [0.29, 0.717) is 16.1 Å². The van der Waals surface area contributed by atoms with Crippen molar-refractivity contribution in [1.29, 1.82) is 0 Å². The van der Waals surface area contributed by atoms with Crippen LogP contribution < -0.4 is 5.32 Å². The SMILES string of the molecule is CC[C@@H](C)Sc1nnc(NC(=O)CSc2ccccc2)s1. The van der Waals surface area contributed by atoms with Crippen molar-refractivity contribution in [2.24, 2.45) is 0 Å². The van der Waals surface area contributed by atoms with Gasteiger partial charge >= 0.3 is 0 Å². The van der Waals surface area contributed by atoms with Crippen LogP contribution in [0.25, 0.3) is 0 Å². The minimum atomic E-state index is -0.0555. The number of carbonyl (C=O) groups is 1. The fourth-order valence-corrected chi connectivity index (χ4v) is 4.12. The molecule has 1 aromatic carbocycles. The maximum absolute atomic E-state index is 11.9. The van der Waals surface area contributed by atoms with Crippen LogP contribution in [0.4, 0.5) is 5.13 Å². The zero-order valence-corrected chi connectivity index (χ0v) is 14.4. The van der Waals surface area contributed by atoms with Crippen molar-refractivity contribution in [2.75, 3.05) is 11.1 Å². The summed E-state index contributed by atoms with van der Waals surface area (Å²) in [7, 11) is 0. The molecule has 0 saturated carbocycles. The van der Waals surface area contributed by atoms with Gasteiger partial charge in [-0.1, -0.05) is 55.1 Å². The summed E-state index contributed by atoms with van der Waals surface area (Å²) in [5.41, 5.74) is 0.